The van der Waals surface area contributed by atoms with Crippen molar-refractivity contribution in [2.45, 2.75) is 19.0 Å². The molecule has 0 spiro atoms. The van der Waals surface area contributed by atoms with Gasteiger partial charge in [0, 0.05) is 6.54 Å². The number of nitrogens with one attached hydrogen (secondary N) is 1. The molecule has 0 bridgehead atoms. The van der Waals surface area contributed by atoms with Crippen molar-refractivity contribution in [3.8, 4) is 0 Å². The van der Waals surface area contributed by atoms with Gasteiger partial charge in [-0.25, -0.2) is 5.01 Å². The van der Waals surface area contributed by atoms with Gasteiger partial charge in [0.05, 0.1) is 12.1 Å². The molecular formula is C16H18N2. The Morgan fingerprint density at radius 1 is 0.833 bits per heavy atom. The molecule has 0 aromatic heterocycles. The first kappa shape index (κ1) is 11.5. The van der Waals surface area contributed by atoms with E-state index in [-0.39, 0.29) is 0 Å². The highest BCUT2D eigenvalue weighted by Crippen LogP contribution is 2.52. The van der Waals surface area contributed by atoms with Crippen LogP contribution < -0.4 is 5.43 Å². The van der Waals surface area contributed by atoms with E-state index in [1.54, 1.807) is 0 Å². The lowest BCUT2D eigenvalue weighted by Crippen LogP contribution is -2.21. The van der Waals surface area contributed by atoms with Gasteiger partial charge in [-0.05, 0) is 11.1 Å². The molecule has 1 fully saturated rings. The normalized spacial score (nSPS) is 25.9. The highest BCUT2D eigenvalue weighted by molar-refractivity contribution is 5.34. The summed E-state index contributed by atoms with van der Waals surface area (Å²) in [5.74, 6) is 0. The van der Waals surface area contributed by atoms with Crippen molar-refractivity contribution in [2.75, 3.05) is 6.54 Å². The Kier molecular flexibility index (Phi) is 3.13. The van der Waals surface area contributed by atoms with Crippen molar-refractivity contribution in [2.24, 2.45) is 0 Å². The molecule has 2 nitrogen and oxygen atoms in total. The Labute approximate surface area is 108 Å². The van der Waals surface area contributed by atoms with Gasteiger partial charge in [0.2, 0.25) is 0 Å². The lowest BCUT2D eigenvalue weighted by molar-refractivity contribution is 0.362. The summed E-state index contributed by atoms with van der Waals surface area (Å²) in [5.41, 5.74) is 6.21. The fraction of sp³-hybridized carbons (Fsp3) is 0.250. The number of benzene rings is 2. The second-order valence-corrected chi connectivity index (χ2v) is 4.63. The van der Waals surface area contributed by atoms with E-state index in [1.807, 2.05) is 0 Å². The Balaban J connectivity index is 1.86. The molecule has 1 aliphatic heterocycles. The number of hydrogen-bond donors (Lipinski definition) is 1. The molecule has 1 heterocycles. The summed E-state index contributed by atoms with van der Waals surface area (Å²) in [6.45, 7) is 3.11. The van der Waals surface area contributed by atoms with Gasteiger partial charge in [-0.2, -0.15) is 0 Å². The smallest absolute Gasteiger partial charge is 0.0711 e. The molecule has 1 saturated heterocycles. The number of rotatable bonds is 4. The fourth-order valence-electron chi connectivity index (χ4n) is 2.60. The first-order valence-corrected chi connectivity index (χ1v) is 6.53. The van der Waals surface area contributed by atoms with Crippen LogP contribution in [0.2, 0.25) is 0 Å². The van der Waals surface area contributed by atoms with Crippen molar-refractivity contribution in [1.82, 2.24) is 10.4 Å². The molecule has 92 valence electrons. The summed E-state index contributed by atoms with van der Waals surface area (Å²) >= 11 is 0. The second kappa shape index (κ2) is 4.92. The first-order chi connectivity index (χ1) is 8.92. The molecule has 2 heteroatoms. The number of nitrogens with zero attached hydrogens (tertiary/aromatic N) is 1. The Morgan fingerprint density at radius 2 is 1.28 bits per heavy atom. The Morgan fingerprint density at radius 3 is 1.67 bits per heavy atom. The van der Waals surface area contributed by atoms with Crippen LogP contribution in [-0.2, 0) is 0 Å². The molecule has 0 aliphatic carbocycles. The molecule has 2 atom stereocenters. The largest absolute Gasteiger partial charge is 0.254 e. The predicted molar refractivity (Wildman–Crippen MR) is 73.9 cm³/mol. The van der Waals surface area contributed by atoms with E-state index in [9.17, 15) is 0 Å². The third-order valence-electron chi connectivity index (χ3n) is 3.43. The molecule has 2 aromatic rings. The molecule has 0 radical (unpaired) electrons. The van der Waals surface area contributed by atoms with E-state index in [2.05, 4.69) is 78.0 Å². The molecule has 1 N–H and O–H groups in total. The minimum atomic E-state index is 0.466. The van der Waals surface area contributed by atoms with Crippen LogP contribution in [-0.4, -0.2) is 11.6 Å². The van der Waals surface area contributed by atoms with Gasteiger partial charge in [0.25, 0.3) is 0 Å². The molecule has 0 amide bonds. The summed E-state index contributed by atoms with van der Waals surface area (Å²) in [6.07, 6.45) is 0. The van der Waals surface area contributed by atoms with E-state index >= 15 is 0 Å². The van der Waals surface area contributed by atoms with Crippen molar-refractivity contribution in [3.05, 3.63) is 71.8 Å². The zero-order chi connectivity index (χ0) is 12.4. The zero-order valence-corrected chi connectivity index (χ0v) is 10.6. The quantitative estimate of drug-likeness (QED) is 0.822. The average molecular weight is 238 g/mol. The molecule has 0 saturated carbocycles. The van der Waals surface area contributed by atoms with Crippen molar-refractivity contribution in [3.63, 3.8) is 0 Å². The Bertz CT molecular complexity index is 450. The summed E-state index contributed by atoms with van der Waals surface area (Å²) in [7, 11) is 0. The van der Waals surface area contributed by atoms with Crippen LogP contribution in [0.3, 0.4) is 0 Å². The van der Waals surface area contributed by atoms with Crippen LogP contribution in [0.5, 0.6) is 0 Å². The van der Waals surface area contributed by atoms with Crippen LogP contribution in [0.1, 0.15) is 30.1 Å². The van der Waals surface area contributed by atoms with Crippen molar-refractivity contribution >= 4 is 0 Å². The lowest BCUT2D eigenvalue weighted by Gasteiger charge is -2.03. The standard InChI is InChI=1S/C16H18N2/c1-2-17-18-15(13-9-5-3-6-10-13)16(18)14-11-7-4-8-12-14/h3-12,15-17H,2H2,1H3/t15-,16-/m1/s1. The third kappa shape index (κ3) is 2.05. The summed E-state index contributed by atoms with van der Waals surface area (Å²) in [5, 5.41) is 2.34. The molecule has 2 aromatic carbocycles. The van der Waals surface area contributed by atoms with Crippen LogP contribution in [0.15, 0.2) is 60.7 Å². The predicted octanol–water partition coefficient (Wildman–Crippen LogP) is 3.31. The van der Waals surface area contributed by atoms with Crippen LogP contribution in [0.25, 0.3) is 0 Å². The van der Waals surface area contributed by atoms with E-state index < -0.39 is 0 Å². The van der Waals surface area contributed by atoms with Crippen LogP contribution >= 0.6 is 0 Å². The number of hydrazine groups is 1. The molecule has 3 rings (SSSR count). The fourth-order valence-corrected chi connectivity index (χ4v) is 2.60. The van der Waals surface area contributed by atoms with Gasteiger partial charge < -0.3 is 0 Å². The second-order valence-electron chi connectivity index (χ2n) is 4.63. The zero-order valence-electron chi connectivity index (χ0n) is 10.6. The van der Waals surface area contributed by atoms with E-state index in [1.165, 1.54) is 11.1 Å². The van der Waals surface area contributed by atoms with Crippen molar-refractivity contribution in [1.29, 1.82) is 0 Å². The third-order valence-corrected chi connectivity index (χ3v) is 3.43. The minimum Gasteiger partial charge on any atom is -0.254 e. The van der Waals surface area contributed by atoms with Gasteiger partial charge in [-0.1, -0.05) is 67.6 Å². The van der Waals surface area contributed by atoms with Gasteiger partial charge >= 0.3 is 0 Å². The minimum absolute atomic E-state index is 0.466. The van der Waals surface area contributed by atoms with E-state index in [0.29, 0.717) is 12.1 Å². The molecule has 18 heavy (non-hydrogen) atoms. The maximum absolute atomic E-state index is 3.45. The monoisotopic (exact) mass is 238 g/mol. The summed E-state index contributed by atoms with van der Waals surface area (Å²) in [4.78, 5) is 0. The maximum atomic E-state index is 3.45. The van der Waals surface area contributed by atoms with Crippen LogP contribution in [0.4, 0.5) is 0 Å². The van der Waals surface area contributed by atoms with Gasteiger partial charge in [-0.15, -0.1) is 0 Å². The lowest BCUT2D eigenvalue weighted by atomic mass is 10.0. The highest BCUT2D eigenvalue weighted by atomic mass is 15.6. The highest BCUT2D eigenvalue weighted by Gasteiger charge is 2.49. The summed E-state index contributed by atoms with van der Waals surface area (Å²) in [6, 6.07) is 22.3. The molecule has 1 aliphatic rings. The SMILES string of the molecule is CCNN1[C@H](c2ccccc2)[C@H]1c1ccccc1. The molecule has 0 unspecified atom stereocenters. The van der Waals surface area contributed by atoms with E-state index in [0.717, 1.165) is 6.54 Å². The van der Waals surface area contributed by atoms with Gasteiger partial charge in [-0.3, -0.25) is 5.43 Å². The molecular weight excluding hydrogens is 220 g/mol. The van der Waals surface area contributed by atoms with Crippen molar-refractivity contribution < 1.29 is 0 Å². The van der Waals surface area contributed by atoms with E-state index in [4.69, 9.17) is 0 Å². The average Bonchev–Trinajstić information content (AvgIpc) is 3.15. The van der Waals surface area contributed by atoms with Gasteiger partial charge in [0.15, 0.2) is 0 Å². The van der Waals surface area contributed by atoms with Crippen LogP contribution in [0, 0.1) is 0 Å². The maximum Gasteiger partial charge on any atom is 0.0711 e. The van der Waals surface area contributed by atoms with Gasteiger partial charge in [0.1, 0.15) is 0 Å². The first-order valence-electron chi connectivity index (χ1n) is 6.53. The topological polar surface area (TPSA) is 15.0 Å². The Hall–Kier alpha value is -1.64. The summed E-state index contributed by atoms with van der Waals surface area (Å²) < 4.78 is 0. The number of hydrogen-bond acceptors (Lipinski definition) is 2.